The fraction of sp³-hybridized carbons (Fsp3) is 0.167. The molecule has 0 bridgehead atoms. The summed E-state index contributed by atoms with van der Waals surface area (Å²) in [6.45, 7) is 0.699. The van der Waals surface area contributed by atoms with Gasteiger partial charge in [-0.2, -0.15) is 0 Å². The molecule has 0 amide bonds. The summed E-state index contributed by atoms with van der Waals surface area (Å²) in [7, 11) is 0. The van der Waals surface area contributed by atoms with Crippen molar-refractivity contribution in [2.45, 2.75) is 6.42 Å². The number of nitrogens with zero attached hydrogens (tertiary/aromatic N) is 1. The van der Waals surface area contributed by atoms with Crippen LogP contribution in [-0.4, -0.2) is 11.1 Å². The number of hydrogen-bond donors (Lipinski definition) is 1. The van der Waals surface area contributed by atoms with Gasteiger partial charge in [-0.25, -0.2) is 0 Å². The van der Waals surface area contributed by atoms with Crippen molar-refractivity contribution in [1.82, 2.24) is 4.57 Å². The van der Waals surface area contributed by atoms with E-state index in [2.05, 4.69) is 51.1 Å². The fourth-order valence-corrected chi connectivity index (χ4v) is 1.79. The molecule has 0 saturated heterocycles. The molecule has 2 aromatic rings. The van der Waals surface area contributed by atoms with Gasteiger partial charge in [-0.15, -0.1) is 0 Å². The van der Waals surface area contributed by atoms with Crippen molar-refractivity contribution < 1.29 is 0 Å². The first-order valence-corrected chi connectivity index (χ1v) is 5.72. The molecule has 0 atom stereocenters. The van der Waals surface area contributed by atoms with Gasteiger partial charge in [0.1, 0.15) is 0 Å². The predicted octanol–water partition coefficient (Wildman–Crippen LogP) is 2.74. The Morgan fingerprint density at radius 3 is 2.53 bits per heavy atom. The summed E-state index contributed by atoms with van der Waals surface area (Å²) >= 11 is 3.42. The lowest BCUT2D eigenvalue weighted by atomic mass is 10.2. The fourth-order valence-electron chi connectivity index (χ4n) is 1.53. The first-order chi connectivity index (χ1) is 7.29. The van der Waals surface area contributed by atoms with Crippen LogP contribution >= 0.6 is 15.9 Å². The molecular weight excluding hydrogens is 252 g/mol. The standard InChI is InChI=1S/C12H13BrN2/c13-11-1-3-12(4-2-11)15-8-6-10(9-15)5-7-14/h1-4,6,8-9H,5,7,14H2. The minimum Gasteiger partial charge on any atom is -0.330 e. The molecule has 1 aromatic heterocycles. The highest BCUT2D eigenvalue weighted by molar-refractivity contribution is 9.10. The summed E-state index contributed by atoms with van der Waals surface area (Å²) in [6.07, 6.45) is 5.12. The van der Waals surface area contributed by atoms with E-state index in [0.717, 1.165) is 10.9 Å². The maximum absolute atomic E-state index is 5.51. The van der Waals surface area contributed by atoms with Gasteiger partial charge < -0.3 is 10.3 Å². The van der Waals surface area contributed by atoms with E-state index in [1.807, 2.05) is 12.1 Å². The highest BCUT2D eigenvalue weighted by Crippen LogP contribution is 2.15. The van der Waals surface area contributed by atoms with Crippen LogP contribution in [0, 0.1) is 0 Å². The van der Waals surface area contributed by atoms with Gasteiger partial charge >= 0.3 is 0 Å². The molecule has 0 aliphatic carbocycles. The van der Waals surface area contributed by atoms with Crippen LogP contribution in [0.5, 0.6) is 0 Å². The van der Waals surface area contributed by atoms with E-state index in [-0.39, 0.29) is 0 Å². The number of benzene rings is 1. The zero-order valence-corrected chi connectivity index (χ0v) is 9.94. The first kappa shape index (κ1) is 10.5. The van der Waals surface area contributed by atoms with Gasteiger partial charge in [-0.3, -0.25) is 0 Å². The third kappa shape index (κ3) is 2.49. The zero-order chi connectivity index (χ0) is 10.7. The second-order valence-electron chi connectivity index (χ2n) is 3.44. The molecule has 0 saturated carbocycles. The van der Waals surface area contributed by atoms with Crippen LogP contribution in [0.2, 0.25) is 0 Å². The van der Waals surface area contributed by atoms with Gasteiger partial charge in [-0.05, 0) is 48.9 Å². The van der Waals surface area contributed by atoms with Crippen molar-refractivity contribution in [3.05, 3.63) is 52.8 Å². The molecular formula is C12H13BrN2. The van der Waals surface area contributed by atoms with Gasteiger partial charge in [0.25, 0.3) is 0 Å². The van der Waals surface area contributed by atoms with E-state index in [9.17, 15) is 0 Å². The average molecular weight is 265 g/mol. The van der Waals surface area contributed by atoms with E-state index in [1.165, 1.54) is 11.3 Å². The van der Waals surface area contributed by atoms with Gasteiger partial charge in [-0.1, -0.05) is 15.9 Å². The molecule has 0 radical (unpaired) electrons. The van der Waals surface area contributed by atoms with Gasteiger partial charge in [0.2, 0.25) is 0 Å². The number of halogens is 1. The van der Waals surface area contributed by atoms with Crippen molar-refractivity contribution >= 4 is 15.9 Å². The van der Waals surface area contributed by atoms with Crippen LogP contribution in [0.4, 0.5) is 0 Å². The summed E-state index contributed by atoms with van der Waals surface area (Å²) in [5.74, 6) is 0. The molecule has 0 spiro atoms. The first-order valence-electron chi connectivity index (χ1n) is 4.92. The second-order valence-corrected chi connectivity index (χ2v) is 4.36. The maximum atomic E-state index is 5.51. The SMILES string of the molecule is NCCc1ccn(-c2ccc(Br)cc2)c1. The highest BCUT2D eigenvalue weighted by Gasteiger charge is 1.98. The predicted molar refractivity (Wildman–Crippen MR) is 66.2 cm³/mol. The lowest BCUT2D eigenvalue weighted by molar-refractivity contribution is 0.961. The number of hydrogen-bond acceptors (Lipinski definition) is 1. The van der Waals surface area contributed by atoms with Gasteiger partial charge in [0.15, 0.2) is 0 Å². The Hall–Kier alpha value is -1.06. The van der Waals surface area contributed by atoms with Crippen LogP contribution in [0.3, 0.4) is 0 Å². The van der Waals surface area contributed by atoms with Crippen molar-refractivity contribution in [2.24, 2.45) is 5.73 Å². The van der Waals surface area contributed by atoms with Crippen LogP contribution in [0.1, 0.15) is 5.56 Å². The van der Waals surface area contributed by atoms with Crippen molar-refractivity contribution in [3.63, 3.8) is 0 Å². The number of aromatic nitrogens is 1. The molecule has 2 rings (SSSR count). The van der Waals surface area contributed by atoms with E-state index in [0.29, 0.717) is 6.54 Å². The maximum Gasteiger partial charge on any atom is 0.0450 e. The molecule has 1 aromatic carbocycles. The molecule has 78 valence electrons. The molecule has 0 aliphatic rings. The van der Waals surface area contributed by atoms with Crippen LogP contribution in [-0.2, 0) is 6.42 Å². The summed E-state index contributed by atoms with van der Waals surface area (Å²) in [6, 6.07) is 10.3. The summed E-state index contributed by atoms with van der Waals surface area (Å²) in [4.78, 5) is 0. The average Bonchev–Trinajstić information content (AvgIpc) is 2.68. The molecule has 0 unspecified atom stereocenters. The van der Waals surface area contributed by atoms with Crippen molar-refractivity contribution in [3.8, 4) is 5.69 Å². The lowest BCUT2D eigenvalue weighted by Crippen LogP contribution is -2.01. The van der Waals surface area contributed by atoms with E-state index >= 15 is 0 Å². The quantitative estimate of drug-likeness (QED) is 0.908. The minimum atomic E-state index is 0.699. The molecule has 2 nitrogen and oxygen atoms in total. The van der Waals surface area contributed by atoms with Crippen LogP contribution < -0.4 is 5.73 Å². The molecule has 0 aliphatic heterocycles. The third-order valence-electron chi connectivity index (χ3n) is 2.31. The Kier molecular flexibility index (Phi) is 3.23. The smallest absolute Gasteiger partial charge is 0.0450 e. The normalized spacial score (nSPS) is 10.5. The van der Waals surface area contributed by atoms with E-state index < -0.39 is 0 Å². The van der Waals surface area contributed by atoms with E-state index in [1.54, 1.807) is 0 Å². The Bertz CT molecular complexity index is 431. The summed E-state index contributed by atoms with van der Waals surface area (Å²) < 4.78 is 3.21. The number of nitrogens with two attached hydrogens (primary N) is 1. The van der Waals surface area contributed by atoms with Crippen LogP contribution in [0.15, 0.2) is 47.2 Å². The van der Waals surface area contributed by atoms with Crippen molar-refractivity contribution in [1.29, 1.82) is 0 Å². The zero-order valence-electron chi connectivity index (χ0n) is 8.36. The highest BCUT2D eigenvalue weighted by atomic mass is 79.9. The summed E-state index contributed by atoms with van der Waals surface area (Å²) in [5, 5.41) is 0. The Morgan fingerprint density at radius 2 is 1.87 bits per heavy atom. The molecule has 1 heterocycles. The Morgan fingerprint density at radius 1 is 1.13 bits per heavy atom. The molecule has 3 heteroatoms. The van der Waals surface area contributed by atoms with Gasteiger partial charge in [0.05, 0.1) is 0 Å². The van der Waals surface area contributed by atoms with Gasteiger partial charge in [0, 0.05) is 22.6 Å². The molecule has 0 fully saturated rings. The Balaban J connectivity index is 2.25. The number of rotatable bonds is 3. The Labute approximate surface area is 97.8 Å². The monoisotopic (exact) mass is 264 g/mol. The molecule has 2 N–H and O–H groups in total. The third-order valence-corrected chi connectivity index (χ3v) is 2.84. The molecule has 15 heavy (non-hydrogen) atoms. The minimum absolute atomic E-state index is 0.699. The second kappa shape index (κ2) is 4.64. The van der Waals surface area contributed by atoms with Crippen molar-refractivity contribution in [2.75, 3.05) is 6.54 Å². The topological polar surface area (TPSA) is 30.9 Å². The summed E-state index contributed by atoms with van der Waals surface area (Å²) in [5.41, 5.74) is 7.96. The van der Waals surface area contributed by atoms with Crippen LogP contribution in [0.25, 0.3) is 5.69 Å². The largest absolute Gasteiger partial charge is 0.330 e. The van der Waals surface area contributed by atoms with E-state index in [4.69, 9.17) is 5.73 Å². The lowest BCUT2D eigenvalue weighted by Gasteiger charge is -2.02.